The van der Waals surface area contributed by atoms with Gasteiger partial charge in [-0.3, -0.25) is 18.7 Å². The highest BCUT2D eigenvalue weighted by atomic mass is 31.2. The Hall–Kier alpha value is -4.28. The van der Waals surface area contributed by atoms with Crippen LogP contribution in [0, 0.1) is 6.92 Å². The molecule has 0 amide bonds. The van der Waals surface area contributed by atoms with Crippen LogP contribution in [-0.2, 0) is 45.7 Å². The van der Waals surface area contributed by atoms with Crippen LogP contribution < -0.4 is 14.9 Å². The summed E-state index contributed by atoms with van der Waals surface area (Å²) in [5, 5.41) is 28.7. The van der Waals surface area contributed by atoms with Gasteiger partial charge in [-0.15, -0.1) is 0 Å². The normalized spacial score (nSPS) is 22.2. The number of nitrogens with zero attached hydrogens (tertiary/aromatic N) is 4. The maximum atomic E-state index is 15.1. The number of fused-ring (bicyclic) bond motifs is 1. The number of carbonyl (C=O) groups excluding carboxylic acids is 2. The molecule has 1 saturated heterocycles. The van der Waals surface area contributed by atoms with E-state index in [2.05, 4.69) is 25.1 Å². The molecule has 16 nitrogen and oxygen atoms in total. The first-order valence-electron chi connectivity index (χ1n) is 17.7. The van der Waals surface area contributed by atoms with Gasteiger partial charge >= 0.3 is 19.6 Å². The van der Waals surface area contributed by atoms with E-state index in [1.807, 2.05) is 36.4 Å². The van der Waals surface area contributed by atoms with Crippen molar-refractivity contribution in [2.45, 2.75) is 103 Å². The van der Waals surface area contributed by atoms with Gasteiger partial charge in [-0.2, -0.15) is 4.98 Å². The lowest BCUT2D eigenvalue weighted by Gasteiger charge is -2.30. The molecule has 0 bridgehead atoms. The van der Waals surface area contributed by atoms with E-state index < -0.39 is 74.5 Å². The Balaban J connectivity index is 1.48. The molecule has 1 aliphatic heterocycles. The number of aryl methyl sites for hydroxylation is 1. The third-order valence-corrected chi connectivity index (χ3v) is 10.4. The first-order valence-corrected chi connectivity index (χ1v) is 19.3. The molecule has 4 aromatic rings. The van der Waals surface area contributed by atoms with Crippen molar-refractivity contribution < 1.29 is 47.8 Å². The SMILES string of the molecule is COc1nc(C)nc2c1ncn2[C@@H]1O[C@H](COP(=O)(NC(Cc2ccccc2)C(=O)OC(C)C)NC(Cc2ccccc2)C(=O)OC(C)C)C(O)[C@]1(C)O. The Kier molecular flexibility index (Phi) is 13.2. The average molecular weight is 769 g/mol. The maximum Gasteiger partial charge on any atom is 0.342 e. The standard InChI is InChI=1S/C37H49N6O10P/c1-22(2)51-34(45)27(18-25-14-10-8-11-15-25)41-54(48,42-28(35(46)52-23(3)4)19-26-16-12-9-13-17-26)50-20-29-31(44)37(6,47)36(53-29)43-21-38-30-32(43)39-24(5)40-33(30)49-7/h8-17,21-23,27-29,31,36,44,47H,18-20H2,1-7H3,(H2,41,42,48)/t27?,28?,29-,31?,36-,37+,54?/m1/s1. The molecule has 2 aromatic heterocycles. The number of carbonyl (C=O) groups is 2. The molecule has 0 radical (unpaired) electrons. The number of hydrogen-bond acceptors (Lipinski definition) is 13. The van der Waals surface area contributed by atoms with Gasteiger partial charge in [0.15, 0.2) is 17.4 Å². The first-order chi connectivity index (χ1) is 25.6. The van der Waals surface area contributed by atoms with Crippen LogP contribution in [-0.4, -0.2) is 97.5 Å². The number of methoxy groups -OCH3 is 1. The van der Waals surface area contributed by atoms with E-state index in [9.17, 15) is 19.8 Å². The lowest BCUT2D eigenvalue weighted by atomic mass is 9.96. The van der Waals surface area contributed by atoms with Gasteiger partial charge in [0.2, 0.25) is 5.88 Å². The quantitative estimate of drug-likeness (QED) is 0.0895. The number of aliphatic hydroxyl groups excluding tert-OH is 1. The monoisotopic (exact) mass is 768 g/mol. The van der Waals surface area contributed by atoms with Gasteiger partial charge < -0.3 is 33.7 Å². The first kappa shape index (κ1) is 40.9. The lowest BCUT2D eigenvalue weighted by molar-refractivity contribution is -0.150. The smallest absolute Gasteiger partial charge is 0.342 e. The highest BCUT2D eigenvalue weighted by Gasteiger charge is 2.54. The molecule has 5 rings (SSSR count). The average Bonchev–Trinajstić information content (AvgIpc) is 3.63. The molecule has 2 aromatic carbocycles. The molecule has 1 aliphatic rings. The summed E-state index contributed by atoms with van der Waals surface area (Å²) in [5.74, 6) is -0.818. The molecular weight excluding hydrogens is 719 g/mol. The van der Waals surface area contributed by atoms with Crippen molar-refractivity contribution in [3.63, 3.8) is 0 Å². The zero-order valence-electron chi connectivity index (χ0n) is 31.4. The summed E-state index contributed by atoms with van der Waals surface area (Å²) in [6.45, 7) is 9.25. The van der Waals surface area contributed by atoms with E-state index in [4.69, 9.17) is 23.5 Å². The summed E-state index contributed by atoms with van der Waals surface area (Å²) in [6, 6.07) is 15.7. The molecule has 6 atom stereocenters. The number of imidazole rings is 1. The zero-order chi connectivity index (χ0) is 39.2. The molecule has 292 valence electrons. The van der Waals surface area contributed by atoms with Crippen molar-refractivity contribution >= 4 is 30.8 Å². The fourth-order valence-electron chi connectivity index (χ4n) is 6.08. The summed E-state index contributed by atoms with van der Waals surface area (Å²) in [6.07, 6.45) is -3.57. The highest BCUT2D eigenvalue weighted by Crippen LogP contribution is 2.44. The number of ether oxygens (including phenoxy) is 4. The van der Waals surface area contributed by atoms with Crippen LogP contribution in [0.25, 0.3) is 11.2 Å². The fraction of sp³-hybridized carbons (Fsp3) is 0.486. The number of nitrogens with one attached hydrogen (secondary N) is 2. The minimum atomic E-state index is -4.49. The molecular formula is C37H49N6O10P. The van der Waals surface area contributed by atoms with Crippen LogP contribution in [0.3, 0.4) is 0 Å². The highest BCUT2D eigenvalue weighted by molar-refractivity contribution is 7.54. The van der Waals surface area contributed by atoms with Crippen LogP contribution in [0.15, 0.2) is 67.0 Å². The Labute approximate surface area is 314 Å². The van der Waals surface area contributed by atoms with Gasteiger partial charge in [-0.25, -0.2) is 20.1 Å². The number of esters is 2. The van der Waals surface area contributed by atoms with Gasteiger partial charge in [0.1, 0.15) is 35.7 Å². The minimum Gasteiger partial charge on any atom is -0.479 e. The molecule has 4 N–H and O–H groups in total. The van der Waals surface area contributed by atoms with Crippen molar-refractivity contribution in [1.29, 1.82) is 0 Å². The Morgan fingerprint density at radius 2 is 1.44 bits per heavy atom. The second-order valence-electron chi connectivity index (χ2n) is 13.9. The minimum absolute atomic E-state index is 0.0546. The Morgan fingerprint density at radius 3 is 1.93 bits per heavy atom. The Morgan fingerprint density at radius 1 is 0.926 bits per heavy atom. The van der Waals surface area contributed by atoms with Gasteiger partial charge in [-0.05, 0) is 65.5 Å². The van der Waals surface area contributed by atoms with E-state index >= 15 is 4.57 Å². The molecule has 1 fully saturated rings. The number of benzene rings is 2. The van der Waals surface area contributed by atoms with Crippen LogP contribution in [0.5, 0.6) is 5.88 Å². The van der Waals surface area contributed by atoms with Crippen molar-refractivity contribution in [2.75, 3.05) is 13.7 Å². The number of aliphatic hydroxyl groups is 2. The number of rotatable bonds is 17. The van der Waals surface area contributed by atoms with Crippen molar-refractivity contribution in [3.05, 3.63) is 83.9 Å². The van der Waals surface area contributed by atoms with Crippen molar-refractivity contribution in [3.8, 4) is 5.88 Å². The van der Waals surface area contributed by atoms with E-state index in [1.54, 1.807) is 58.9 Å². The molecule has 0 spiro atoms. The van der Waals surface area contributed by atoms with Gasteiger partial charge in [0, 0.05) is 0 Å². The lowest BCUT2D eigenvalue weighted by Crippen LogP contribution is -2.48. The van der Waals surface area contributed by atoms with E-state index in [1.165, 1.54) is 24.9 Å². The molecule has 0 aliphatic carbocycles. The third kappa shape index (κ3) is 9.87. The predicted octanol–water partition coefficient (Wildman–Crippen LogP) is 3.58. The topological polar surface area (TPSA) is 205 Å². The van der Waals surface area contributed by atoms with Gasteiger partial charge in [0.25, 0.3) is 0 Å². The number of hydrogen-bond donors (Lipinski definition) is 4. The fourth-order valence-corrected chi connectivity index (χ4v) is 7.87. The Bertz CT molecular complexity index is 1850. The van der Waals surface area contributed by atoms with E-state index in [-0.39, 0.29) is 24.4 Å². The summed E-state index contributed by atoms with van der Waals surface area (Å²) < 4.78 is 45.3. The van der Waals surface area contributed by atoms with Crippen LogP contribution in [0.2, 0.25) is 0 Å². The molecule has 0 saturated carbocycles. The van der Waals surface area contributed by atoms with Crippen LogP contribution in [0.1, 0.15) is 57.8 Å². The number of aromatic nitrogens is 4. The summed E-state index contributed by atoms with van der Waals surface area (Å²) in [7, 11) is -3.04. The third-order valence-electron chi connectivity index (χ3n) is 8.61. The van der Waals surface area contributed by atoms with Gasteiger partial charge in [-0.1, -0.05) is 60.7 Å². The zero-order valence-corrected chi connectivity index (χ0v) is 32.3. The molecule has 3 heterocycles. The largest absolute Gasteiger partial charge is 0.479 e. The summed E-state index contributed by atoms with van der Waals surface area (Å²) >= 11 is 0. The summed E-state index contributed by atoms with van der Waals surface area (Å²) in [4.78, 5) is 40.1. The molecule has 17 heteroatoms. The predicted molar refractivity (Wildman–Crippen MR) is 197 cm³/mol. The van der Waals surface area contributed by atoms with Gasteiger partial charge in [0.05, 0.1) is 32.3 Å². The second kappa shape index (κ2) is 17.5. The van der Waals surface area contributed by atoms with Crippen molar-refractivity contribution in [1.82, 2.24) is 29.7 Å². The van der Waals surface area contributed by atoms with Crippen molar-refractivity contribution in [2.24, 2.45) is 0 Å². The molecule has 54 heavy (non-hydrogen) atoms. The molecule has 3 unspecified atom stereocenters. The van der Waals surface area contributed by atoms with E-state index in [0.29, 0.717) is 11.3 Å². The van der Waals surface area contributed by atoms with Crippen LogP contribution in [0.4, 0.5) is 0 Å². The maximum absolute atomic E-state index is 15.1. The summed E-state index contributed by atoms with van der Waals surface area (Å²) in [5.41, 5.74) is 0.141. The van der Waals surface area contributed by atoms with Crippen LogP contribution >= 0.6 is 7.67 Å². The second-order valence-corrected chi connectivity index (χ2v) is 15.7. The van der Waals surface area contributed by atoms with E-state index in [0.717, 1.165) is 11.1 Å².